The number of anilines is 3. The molecule has 0 bridgehead atoms. The highest BCUT2D eigenvalue weighted by Crippen LogP contribution is 2.29. The van der Waals surface area contributed by atoms with E-state index < -0.39 is 17.7 Å². The number of benzene rings is 2. The molecule has 0 atom stereocenters. The lowest BCUT2D eigenvalue weighted by molar-refractivity contribution is 0.0949. The fourth-order valence-electron chi connectivity index (χ4n) is 3.70. The Morgan fingerprint density at radius 3 is 2.36 bits per heavy atom. The second kappa shape index (κ2) is 11.6. The lowest BCUT2D eigenvalue weighted by Crippen LogP contribution is -2.35. The zero-order chi connectivity index (χ0) is 23.8. The van der Waals surface area contributed by atoms with Gasteiger partial charge in [-0.15, -0.1) is 0 Å². The number of nitrogens with zero attached hydrogens (tertiary/aromatic N) is 1. The summed E-state index contributed by atoms with van der Waals surface area (Å²) in [5.74, 6) is -1.64. The molecule has 0 saturated carbocycles. The van der Waals surface area contributed by atoms with Crippen molar-refractivity contribution in [1.82, 2.24) is 5.32 Å². The number of carbonyl (C=O) groups excluding carboxylic acids is 2. The second-order valence-corrected chi connectivity index (χ2v) is 8.21. The lowest BCUT2D eigenvalue weighted by atomic mass is 9.98. The molecule has 3 N–H and O–H groups in total. The number of halogens is 2. The van der Waals surface area contributed by atoms with E-state index in [2.05, 4.69) is 27.8 Å². The summed E-state index contributed by atoms with van der Waals surface area (Å²) in [6, 6.07) is 7.64. The molecule has 0 aliphatic carbocycles. The molecule has 1 aliphatic heterocycles. The van der Waals surface area contributed by atoms with Crippen LogP contribution in [0.5, 0.6) is 0 Å². The fourth-order valence-corrected chi connectivity index (χ4v) is 3.70. The minimum Gasteiger partial charge on any atom is -0.385 e. The number of hydrogen-bond donors (Lipinski definition) is 3. The molecular weight excluding hydrogens is 430 g/mol. The van der Waals surface area contributed by atoms with Crippen LogP contribution in [0.25, 0.3) is 0 Å². The SMILES string of the molecule is COCCCNC(=O)c1cc(NC(=O)Nc2ccc(F)c(F)c2)ccc1N1CCC(C)CC1. The molecule has 33 heavy (non-hydrogen) atoms. The molecule has 1 saturated heterocycles. The molecule has 2 aromatic rings. The zero-order valence-electron chi connectivity index (χ0n) is 18.9. The van der Waals surface area contributed by atoms with Gasteiger partial charge in [0.1, 0.15) is 0 Å². The first kappa shape index (κ1) is 24.4. The maximum Gasteiger partial charge on any atom is 0.323 e. The average Bonchev–Trinajstić information content (AvgIpc) is 2.79. The van der Waals surface area contributed by atoms with Crippen LogP contribution in [-0.2, 0) is 4.74 Å². The summed E-state index contributed by atoms with van der Waals surface area (Å²) in [4.78, 5) is 27.5. The van der Waals surface area contributed by atoms with Crippen LogP contribution >= 0.6 is 0 Å². The second-order valence-electron chi connectivity index (χ2n) is 8.21. The van der Waals surface area contributed by atoms with Crippen LogP contribution < -0.4 is 20.9 Å². The van der Waals surface area contributed by atoms with Crippen LogP contribution in [0.1, 0.15) is 36.5 Å². The number of urea groups is 1. The molecule has 7 nitrogen and oxygen atoms in total. The quantitative estimate of drug-likeness (QED) is 0.503. The Balaban J connectivity index is 1.75. The van der Waals surface area contributed by atoms with Gasteiger partial charge in [0, 0.05) is 56.5 Å². The fraction of sp³-hybridized carbons (Fsp3) is 0.417. The van der Waals surface area contributed by atoms with Gasteiger partial charge in [0.15, 0.2) is 11.6 Å². The number of rotatable bonds is 8. The molecular formula is C24H30F2N4O3. The Bertz CT molecular complexity index is 978. The predicted molar refractivity (Wildman–Crippen MR) is 125 cm³/mol. The van der Waals surface area contributed by atoms with Gasteiger partial charge in [0.05, 0.1) is 5.56 Å². The number of piperidine rings is 1. The highest BCUT2D eigenvalue weighted by Gasteiger charge is 2.22. The van der Waals surface area contributed by atoms with Crippen molar-refractivity contribution in [3.63, 3.8) is 0 Å². The van der Waals surface area contributed by atoms with Crippen LogP contribution in [0.4, 0.5) is 30.6 Å². The van der Waals surface area contributed by atoms with Crippen LogP contribution in [0.3, 0.4) is 0 Å². The average molecular weight is 461 g/mol. The topological polar surface area (TPSA) is 82.7 Å². The van der Waals surface area contributed by atoms with E-state index in [0.717, 1.165) is 43.8 Å². The van der Waals surface area contributed by atoms with E-state index in [1.807, 2.05) is 6.07 Å². The largest absolute Gasteiger partial charge is 0.385 e. The molecule has 0 unspecified atom stereocenters. The Morgan fingerprint density at radius 2 is 1.70 bits per heavy atom. The molecule has 1 fully saturated rings. The Morgan fingerprint density at radius 1 is 1.03 bits per heavy atom. The number of ether oxygens (including phenoxy) is 1. The zero-order valence-corrected chi connectivity index (χ0v) is 18.9. The number of nitrogens with one attached hydrogen (secondary N) is 3. The molecule has 2 aromatic carbocycles. The Kier molecular flexibility index (Phi) is 8.59. The van der Waals surface area contributed by atoms with Gasteiger partial charge in [-0.05, 0) is 55.5 Å². The molecule has 0 aromatic heterocycles. The summed E-state index contributed by atoms with van der Waals surface area (Å²) in [6.45, 7) is 4.95. The van der Waals surface area contributed by atoms with E-state index in [0.29, 0.717) is 36.7 Å². The third-order valence-electron chi connectivity index (χ3n) is 5.61. The van der Waals surface area contributed by atoms with Gasteiger partial charge < -0.3 is 25.6 Å². The maximum absolute atomic E-state index is 13.4. The Labute approximate surface area is 192 Å². The van der Waals surface area contributed by atoms with Crippen molar-refractivity contribution in [3.8, 4) is 0 Å². The van der Waals surface area contributed by atoms with Crippen LogP contribution in [0.15, 0.2) is 36.4 Å². The number of hydrogen-bond acceptors (Lipinski definition) is 4. The van der Waals surface area contributed by atoms with Crippen LogP contribution in [0, 0.1) is 17.6 Å². The lowest BCUT2D eigenvalue weighted by Gasteiger charge is -2.33. The third-order valence-corrected chi connectivity index (χ3v) is 5.61. The molecule has 3 rings (SSSR count). The summed E-state index contributed by atoms with van der Waals surface area (Å²) in [7, 11) is 1.61. The number of methoxy groups -OCH3 is 1. The smallest absolute Gasteiger partial charge is 0.323 e. The van der Waals surface area contributed by atoms with Crippen molar-refractivity contribution in [2.75, 3.05) is 48.9 Å². The van der Waals surface area contributed by atoms with Gasteiger partial charge in [0.2, 0.25) is 0 Å². The third kappa shape index (κ3) is 6.89. The molecule has 178 valence electrons. The van der Waals surface area contributed by atoms with Crippen molar-refractivity contribution in [1.29, 1.82) is 0 Å². The molecule has 3 amide bonds. The minimum atomic E-state index is -1.06. The van der Waals surface area contributed by atoms with Gasteiger partial charge in [0.25, 0.3) is 5.91 Å². The first-order chi connectivity index (χ1) is 15.9. The molecule has 1 heterocycles. The van der Waals surface area contributed by atoms with Crippen molar-refractivity contribution < 1.29 is 23.1 Å². The maximum atomic E-state index is 13.4. The van der Waals surface area contributed by atoms with Crippen LogP contribution in [0.2, 0.25) is 0 Å². The first-order valence-electron chi connectivity index (χ1n) is 11.1. The van der Waals surface area contributed by atoms with Gasteiger partial charge in [-0.25, -0.2) is 13.6 Å². The highest BCUT2D eigenvalue weighted by atomic mass is 19.2. The van der Waals surface area contributed by atoms with Crippen LogP contribution in [-0.4, -0.2) is 45.3 Å². The summed E-state index contributed by atoms with van der Waals surface area (Å²) >= 11 is 0. The van der Waals surface area contributed by atoms with Gasteiger partial charge in [-0.3, -0.25) is 4.79 Å². The first-order valence-corrected chi connectivity index (χ1v) is 11.1. The van der Waals surface area contributed by atoms with Crippen molar-refractivity contribution in [2.24, 2.45) is 5.92 Å². The van der Waals surface area contributed by atoms with Crippen molar-refractivity contribution >= 4 is 29.0 Å². The monoisotopic (exact) mass is 460 g/mol. The van der Waals surface area contributed by atoms with E-state index in [1.165, 1.54) is 6.07 Å². The summed E-state index contributed by atoms with van der Waals surface area (Å²) in [5.41, 5.74) is 1.80. The Hall–Kier alpha value is -3.20. The highest BCUT2D eigenvalue weighted by molar-refractivity contribution is 6.04. The van der Waals surface area contributed by atoms with Gasteiger partial charge in [-0.2, -0.15) is 0 Å². The molecule has 9 heteroatoms. The molecule has 1 aliphatic rings. The predicted octanol–water partition coefficient (Wildman–Crippen LogP) is 4.61. The summed E-state index contributed by atoms with van der Waals surface area (Å²) in [5, 5.41) is 8.01. The van der Waals surface area contributed by atoms with E-state index in [1.54, 1.807) is 19.2 Å². The number of amides is 3. The molecule has 0 spiro atoms. The normalized spacial score (nSPS) is 14.1. The van der Waals surface area contributed by atoms with Gasteiger partial charge in [-0.1, -0.05) is 6.92 Å². The molecule has 0 radical (unpaired) electrons. The summed E-state index contributed by atoms with van der Waals surface area (Å²) < 4.78 is 31.5. The standard InChI is InChI=1S/C24H30F2N4O3/c1-16-8-11-30(12-9-16)22-7-5-17(14-19(22)23(31)27-10-3-13-33-2)28-24(32)29-18-4-6-20(25)21(26)15-18/h4-7,14-16H,3,8-13H2,1-2H3,(H,27,31)(H2,28,29,32). The van der Waals surface area contributed by atoms with Gasteiger partial charge >= 0.3 is 6.03 Å². The van der Waals surface area contributed by atoms with E-state index in [9.17, 15) is 18.4 Å². The summed E-state index contributed by atoms with van der Waals surface area (Å²) in [6.07, 6.45) is 2.78. The number of carbonyl (C=O) groups is 2. The van der Waals surface area contributed by atoms with Crippen molar-refractivity contribution in [2.45, 2.75) is 26.2 Å². The van der Waals surface area contributed by atoms with E-state index in [4.69, 9.17) is 4.74 Å². The van der Waals surface area contributed by atoms with E-state index in [-0.39, 0.29) is 11.6 Å². The van der Waals surface area contributed by atoms with E-state index >= 15 is 0 Å². The minimum absolute atomic E-state index is 0.113. The van der Waals surface area contributed by atoms with Crippen molar-refractivity contribution in [3.05, 3.63) is 53.6 Å².